The van der Waals surface area contributed by atoms with E-state index in [-0.39, 0.29) is 0 Å². The van der Waals surface area contributed by atoms with Crippen LogP contribution in [-0.4, -0.2) is 11.6 Å². The van der Waals surface area contributed by atoms with E-state index in [2.05, 4.69) is 0 Å². The molecule has 98 valence electrons. The lowest BCUT2D eigenvalue weighted by molar-refractivity contribution is -0.130. The van der Waals surface area contributed by atoms with Gasteiger partial charge in [-0.3, -0.25) is 9.59 Å². The molecule has 2 rings (SSSR count). The monoisotopic (exact) mass is 262 g/mol. The number of hydrogen-bond donors (Lipinski definition) is 0. The Bertz CT molecular complexity index is 578. The summed E-state index contributed by atoms with van der Waals surface area (Å²) in [7, 11) is 0. The van der Waals surface area contributed by atoms with Gasteiger partial charge in [0.1, 0.15) is 0 Å². The van der Waals surface area contributed by atoms with Crippen LogP contribution in [0.1, 0.15) is 11.1 Å². The Morgan fingerprint density at radius 3 is 1.30 bits per heavy atom. The van der Waals surface area contributed by atoms with Crippen molar-refractivity contribution in [2.24, 2.45) is 0 Å². The Balaban J connectivity index is 1.98. The lowest BCUT2D eigenvalue weighted by Crippen LogP contribution is -2.06. The Morgan fingerprint density at radius 1 is 0.600 bits per heavy atom. The van der Waals surface area contributed by atoms with Crippen molar-refractivity contribution in [2.45, 2.75) is 0 Å². The van der Waals surface area contributed by atoms with E-state index >= 15 is 0 Å². The minimum atomic E-state index is -0.527. The van der Waals surface area contributed by atoms with Crippen molar-refractivity contribution in [3.63, 3.8) is 0 Å². The van der Waals surface area contributed by atoms with E-state index in [1.165, 1.54) is 12.2 Å². The number of hydrogen-bond acceptors (Lipinski definition) is 2. The number of ketones is 2. The van der Waals surface area contributed by atoms with E-state index in [0.717, 1.165) is 11.1 Å². The maximum absolute atomic E-state index is 11.7. The van der Waals surface area contributed by atoms with Gasteiger partial charge in [0.2, 0.25) is 11.6 Å². The highest BCUT2D eigenvalue weighted by atomic mass is 16.2. The first-order valence-corrected chi connectivity index (χ1v) is 6.30. The molecule has 0 saturated heterocycles. The zero-order valence-corrected chi connectivity index (χ0v) is 10.9. The van der Waals surface area contributed by atoms with Crippen LogP contribution in [0.5, 0.6) is 0 Å². The van der Waals surface area contributed by atoms with Gasteiger partial charge in [-0.05, 0) is 23.3 Å². The molecule has 0 aliphatic heterocycles. The van der Waals surface area contributed by atoms with Crippen molar-refractivity contribution >= 4 is 23.7 Å². The van der Waals surface area contributed by atoms with Gasteiger partial charge in [-0.2, -0.15) is 0 Å². The number of carbonyl (C=O) groups excluding carboxylic acids is 2. The fraction of sp³-hybridized carbons (Fsp3) is 0. The average Bonchev–Trinajstić information content (AvgIpc) is 2.52. The zero-order chi connectivity index (χ0) is 14.2. The standard InChI is InChI=1S/C18H14O2/c19-17(13-11-15-7-3-1-4-8-15)18(20)14-12-16-9-5-2-6-10-16/h1-14H. The molecule has 20 heavy (non-hydrogen) atoms. The molecule has 2 heteroatoms. The molecule has 0 bridgehead atoms. The van der Waals surface area contributed by atoms with E-state index in [1.807, 2.05) is 60.7 Å². The molecule has 0 amide bonds. The molecule has 0 N–H and O–H groups in total. The number of allylic oxidation sites excluding steroid dienone is 2. The van der Waals surface area contributed by atoms with Gasteiger partial charge >= 0.3 is 0 Å². The fourth-order valence-electron chi connectivity index (χ4n) is 1.64. The van der Waals surface area contributed by atoms with Gasteiger partial charge in [-0.1, -0.05) is 72.8 Å². The summed E-state index contributed by atoms with van der Waals surface area (Å²) < 4.78 is 0. The van der Waals surface area contributed by atoms with Crippen LogP contribution in [0.4, 0.5) is 0 Å². The number of carbonyl (C=O) groups is 2. The maximum atomic E-state index is 11.7. The molecular weight excluding hydrogens is 248 g/mol. The number of benzene rings is 2. The van der Waals surface area contributed by atoms with Crippen LogP contribution in [0.3, 0.4) is 0 Å². The van der Waals surface area contributed by atoms with Crippen molar-refractivity contribution in [3.8, 4) is 0 Å². The Labute approximate surface area is 118 Å². The van der Waals surface area contributed by atoms with Crippen molar-refractivity contribution in [1.29, 1.82) is 0 Å². The second kappa shape index (κ2) is 7.00. The van der Waals surface area contributed by atoms with E-state index in [9.17, 15) is 9.59 Å². The zero-order valence-electron chi connectivity index (χ0n) is 10.9. The Kier molecular flexibility index (Phi) is 4.79. The lowest BCUT2D eigenvalue weighted by Gasteiger charge is -1.92. The topological polar surface area (TPSA) is 34.1 Å². The maximum Gasteiger partial charge on any atom is 0.225 e. The van der Waals surface area contributed by atoms with Gasteiger partial charge < -0.3 is 0 Å². The van der Waals surface area contributed by atoms with Crippen LogP contribution < -0.4 is 0 Å². The summed E-state index contributed by atoms with van der Waals surface area (Å²) in [5.41, 5.74) is 1.78. The third kappa shape index (κ3) is 4.18. The Hall–Kier alpha value is -2.74. The highest BCUT2D eigenvalue weighted by Crippen LogP contribution is 2.03. The second-order valence-corrected chi connectivity index (χ2v) is 4.22. The van der Waals surface area contributed by atoms with Crippen LogP contribution in [0.15, 0.2) is 72.8 Å². The van der Waals surface area contributed by atoms with Gasteiger partial charge in [-0.25, -0.2) is 0 Å². The quantitative estimate of drug-likeness (QED) is 0.610. The first kappa shape index (κ1) is 13.7. The molecule has 0 aliphatic rings. The van der Waals surface area contributed by atoms with Gasteiger partial charge in [0.15, 0.2) is 0 Å². The fourth-order valence-corrected chi connectivity index (χ4v) is 1.64. The largest absolute Gasteiger partial charge is 0.286 e. The van der Waals surface area contributed by atoms with E-state index in [1.54, 1.807) is 12.2 Å². The summed E-state index contributed by atoms with van der Waals surface area (Å²) in [6.45, 7) is 0. The van der Waals surface area contributed by atoms with Crippen LogP contribution >= 0.6 is 0 Å². The van der Waals surface area contributed by atoms with Gasteiger partial charge in [-0.15, -0.1) is 0 Å². The van der Waals surface area contributed by atoms with Crippen molar-refractivity contribution in [2.75, 3.05) is 0 Å². The number of rotatable bonds is 5. The molecular formula is C18H14O2. The molecule has 0 radical (unpaired) electrons. The molecule has 0 fully saturated rings. The molecule has 0 spiro atoms. The van der Waals surface area contributed by atoms with Crippen LogP contribution in [0.25, 0.3) is 12.2 Å². The summed E-state index contributed by atoms with van der Waals surface area (Å²) in [4.78, 5) is 23.3. The van der Waals surface area contributed by atoms with Crippen molar-refractivity contribution in [1.82, 2.24) is 0 Å². The summed E-state index contributed by atoms with van der Waals surface area (Å²) >= 11 is 0. The third-order valence-electron chi connectivity index (χ3n) is 2.70. The third-order valence-corrected chi connectivity index (χ3v) is 2.70. The minimum absolute atomic E-state index is 0.527. The first-order valence-electron chi connectivity index (χ1n) is 6.30. The Morgan fingerprint density at radius 2 is 0.950 bits per heavy atom. The van der Waals surface area contributed by atoms with Crippen LogP contribution in [0.2, 0.25) is 0 Å². The predicted octanol–water partition coefficient (Wildman–Crippen LogP) is 3.55. The molecule has 0 saturated carbocycles. The summed E-state index contributed by atoms with van der Waals surface area (Å²) in [6.07, 6.45) is 5.87. The molecule has 2 aromatic carbocycles. The molecule has 0 unspecified atom stereocenters. The summed E-state index contributed by atoms with van der Waals surface area (Å²) in [5, 5.41) is 0. The molecule has 2 aromatic rings. The van der Waals surface area contributed by atoms with Crippen LogP contribution in [-0.2, 0) is 9.59 Å². The van der Waals surface area contributed by atoms with Gasteiger partial charge in [0.25, 0.3) is 0 Å². The van der Waals surface area contributed by atoms with E-state index in [4.69, 9.17) is 0 Å². The molecule has 2 nitrogen and oxygen atoms in total. The van der Waals surface area contributed by atoms with Crippen molar-refractivity contribution in [3.05, 3.63) is 83.9 Å². The van der Waals surface area contributed by atoms with Crippen LogP contribution in [0, 0.1) is 0 Å². The molecule has 0 atom stereocenters. The van der Waals surface area contributed by atoms with E-state index in [0.29, 0.717) is 0 Å². The smallest absolute Gasteiger partial charge is 0.225 e. The molecule has 0 aliphatic carbocycles. The minimum Gasteiger partial charge on any atom is -0.286 e. The summed E-state index contributed by atoms with van der Waals surface area (Å²) in [6, 6.07) is 18.8. The predicted molar refractivity (Wildman–Crippen MR) is 81.0 cm³/mol. The molecule has 0 aromatic heterocycles. The summed E-state index contributed by atoms with van der Waals surface area (Å²) in [5.74, 6) is -1.05. The first-order chi connectivity index (χ1) is 9.75. The highest BCUT2D eigenvalue weighted by Gasteiger charge is 2.05. The second-order valence-electron chi connectivity index (χ2n) is 4.22. The van der Waals surface area contributed by atoms with Crippen molar-refractivity contribution < 1.29 is 9.59 Å². The highest BCUT2D eigenvalue weighted by molar-refractivity contribution is 6.46. The van der Waals surface area contributed by atoms with E-state index < -0.39 is 11.6 Å². The van der Waals surface area contributed by atoms with Gasteiger partial charge in [0.05, 0.1) is 0 Å². The van der Waals surface area contributed by atoms with Gasteiger partial charge in [0, 0.05) is 0 Å². The molecule has 0 heterocycles. The average molecular weight is 262 g/mol. The SMILES string of the molecule is O=C(C=Cc1ccccc1)C(=O)C=Cc1ccccc1. The lowest BCUT2D eigenvalue weighted by atomic mass is 10.1. The normalized spacial score (nSPS) is 11.0.